The molecule has 4 aromatic rings. The lowest BCUT2D eigenvalue weighted by Crippen LogP contribution is -2.46. The largest absolute Gasteiger partial charge is 0.453 e. The van der Waals surface area contributed by atoms with E-state index in [0.717, 1.165) is 78.5 Å². The molecule has 0 unspecified atom stereocenters. The fraction of sp³-hybridized carbons (Fsp3) is 0.345. The molecule has 1 aromatic carbocycles. The van der Waals surface area contributed by atoms with Crippen molar-refractivity contribution >= 4 is 33.3 Å². The van der Waals surface area contributed by atoms with Gasteiger partial charge in [0.15, 0.2) is 11.6 Å². The summed E-state index contributed by atoms with van der Waals surface area (Å²) < 4.78 is 21.6. The molecule has 2 amide bonds. The van der Waals surface area contributed by atoms with Gasteiger partial charge in [0.1, 0.15) is 5.75 Å². The number of thiophene rings is 1. The number of halogens is 1. The fourth-order valence-electron chi connectivity index (χ4n) is 4.72. The van der Waals surface area contributed by atoms with Crippen molar-refractivity contribution in [3.8, 4) is 22.1 Å². The van der Waals surface area contributed by atoms with Crippen LogP contribution in [0.2, 0.25) is 0 Å². The smallest absolute Gasteiger partial charge is 0.319 e. The third-order valence-electron chi connectivity index (χ3n) is 7.06. The number of carbonyl (C=O) groups is 1. The Balaban J connectivity index is 1.12. The normalized spacial score (nSPS) is 16.2. The molecule has 3 aromatic heterocycles. The van der Waals surface area contributed by atoms with Crippen LogP contribution in [0.4, 0.5) is 14.9 Å². The second-order valence-corrected chi connectivity index (χ2v) is 11.2. The van der Waals surface area contributed by atoms with Gasteiger partial charge in [0, 0.05) is 75.5 Å². The van der Waals surface area contributed by atoms with Crippen molar-refractivity contribution < 1.29 is 19.0 Å². The van der Waals surface area contributed by atoms with Crippen molar-refractivity contribution in [1.29, 1.82) is 0 Å². The molecule has 0 atom stereocenters. The topological polar surface area (TPSA) is 103 Å². The van der Waals surface area contributed by atoms with Crippen LogP contribution >= 0.6 is 11.3 Å². The number of aromatic nitrogens is 2. The summed E-state index contributed by atoms with van der Waals surface area (Å²) in [5, 5.41) is 14.6. The van der Waals surface area contributed by atoms with Gasteiger partial charge in [0.25, 0.3) is 0 Å². The van der Waals surface area contributed by atoms with E-state index in [9.17, 15) is 9.18 Å². The number of hydrogen-bond donors (Lipinski definition) is 3. The highest BCUT2D eigenvalue weighted by molar-refractivity contribution is 7.22. The number of pyridine rings is 2. The quantitative estimate of drug-likeness (QED) is 0.272. The summed E-state index contributed by atoms with van der Waals surface area (Å²) in [5.41, 5.74) is 3.11. The average Bonchev–Trinajstić information content (AvgIpc) is 3.65. The Kier molecular flexibility index (Phi) is 7.87. The van der Waals surface area contributed by atoms with E-state index < -0.39 is 5.82 Å². The minimum Gasteiger partial charge on any atom is -0.453 e. The maximum atomic E-state index is 14.9. The van der Waals surface area contributed by atoms with E-state index in [-0.39, 0.29) is 24.4 Å². The van der Waals surface area contributed by atoms with Crippen LogP contribution in [-0.4, -0.2) is 76.3 Å². The summed E-state index contributed by atoms with van der Waals surface area (Å²) in [6.07, 6.45) is 5.51. The molecule has 2 aliphatic rings. The Morgan fingerprint density at radius 1 is 1.05 bits per heavy atom. The van der Waals surface area contributed by atoms with E-state index in [1.165, 1.54) is 23.5 Å². The number of carbonyl (C=O) groups excluding carboxylic acids is 1. The van der Waals surface area contributed by atoms with Crippen LogP contribution in [0.15, 0.2) is 54.9 Å². The van der Waals surface area contributed by atoms with Gasteiger partial charge in [0.05, 0.1) is 27.4 Å². The predicted molar refractivity (Wildman–Crippen MR) is 153 cm³/mol. The number of urea groups is 1. The van der Waals surface area contributed by atoms with Gasteiger partial charge in [0.2, 0.25) is 0 Å². The molecule has 1 aliphatic carbocycles. The third-order valence-corrected chi connectivity index (χ3v) is 8.22. The molecule has 11 heteroatoms. The van der Waals surface area contributed by atoms with Crippen LogP contribution in [0.5, 0.6) is 11.5 Å². The van der Waals surface area contributed by atoms with E-state index in [1.54, 1.807) is 18.3 Å². The fourth-order valence-corrected chi connectivity index (χ4v) is 5.76. The lowest BCUT2D eigenvalue weighted by atomic mass is 10.2. The molecule has 4 heterocycles. The number of anilines is 1. The SMILES string of the molecule is O=C(Nc1ccc(Oc2ccnc3cc(-c4ccc(CN5CCN(CCO)CC5)cn4)sc23)c(F)c1)NC1CC1. The Labute approximate surface area is 235 Å². The summed E-state index contributed by atoms with van der Waals surface area (Å²) >= 11 is 1.50. The molecule has 1 saturated heterocycles. The summed E-state index contributed by atoms with van der Waals surface area (Å²) in [6, 6.07) is 12.1. The van der Waals surface area contributed by atoms with Crippen molar-refractivity contribution in [2.45, 2.75) is 25.4 Å². The second kappa shape index (κ2) is 11.8. The van der Waals surface area contributed by atoms with Crippen LogP contribution in [-0.2, 0) is 6.54 Å². The highest BCUT2D eigenvalue weighted by atomic mass is 32.1. The minimum atomic E-state index is -0.571. The number of aliphatic hydroxyl groups is 1. The monoisotopic (exact) mass is 562 g/mol. The van der Waals surface area contributed by atoms with Gasteiger partial charge < -0.3 is 20.5 Å². The number of benzene rings is 1. The maximum Gasteiger partial charge on any atom is 0.319 e. The number of aliphatic hydroxyl groups excluding tert-OH is 1. The number of amides is 2. The zero-order valence-electron chi connectivity index (χ0n) is 22.0. The molecular formula is C29H31FN6O3S. The molecule has 3 N–H and O–H groups in total. The predicted octanol–water partition coefficient (Wildman–Crippen LogP) is 4.68. The lowest BCUT2D eigenvalue weighted by molar-refractivity contribution is 0.108. The van der Waals surface area contributed by atoms with Gasteiger partial charge in [-0.15, -0.1) is 11.3 Å². The molecule has 40 heavy (non-hydrogen) atoms. The first-order valence-corrected chi connectivity index (χ1v) is 14.3. The first-order valence-electron chi connectivity index (χ1n) is 13.5. The first kappa shape index (κ1) is 26.6. The number of nitrogens with one attached hydrogen (secondary N) is 2. The summed E-state index contributed by atoms with van der Waals surface area (Å²) in [4.78, 5) is 26.8. The van der Waals surface area contributed by atoms with E-state index in [1.807, 2.05) is 18.3 Å². The van der Waals surface area contributed by atoms with Crippen LogP contribution in [0.3, 0.4) is 0 Å². The number of nitrogens with zero attached hydrogens (tertiary/aromatic N) is 4. The Morgan fingerprint density at radius 3 is 2.60 bits per heavy atom. The second-order valence-electron chi connectivity index (χ2n) is 10.1. The minimum absolute atomic E-state index is 0.0651. The number of hydrogen-bond acceptors (Lipinski definition) is 8. The van der Waals surface area contributed by atoms with Crippen molar-refractivity contribution in [2.75, 3.05) is 44.6 Å². The van der Waals surface area contributed by atoms with E-state index >= 15 is 0 Å². The summed E-state index contributed by atoms with van der Waals surface area (Å²) in [6.45, 7) is 5.67. The molecule has 1 saturated carbocycles. The highest BCUT2D eigenvalue weighted by Gasteiger charge is 2.23. The van der Waals surface area contributed by atoms with Crippen molar-refractivity contribution in [1.82, 2.24) is 25.1 Å². The van der Waals surface area contributed by atoms with E-state index in [0.29, 0.717) is 11.4 Å². The summed E-state index contributed by atoms with van der Waals surface area (Å²) in [5.74, 6) is -0.00222. The Bertz CT molecular complexity index is 1490. The average molecular weight is 563 g/mol. The number of piperazine rings is 1. The molecule has 1 aliphatic heterocycles. The Morgan fingerprint density at radius 2 is 1.88 bits per heavy atom. The molecule has 9 nitrogen and oxygen atoms in total. The van der Waals surface area contributed by atoms with Gasteiger partial charge in [-0.1, -0.05) is 6.07 Å². The number of β-amino-alcohol motifs (C(OH)–C–C–N with tert-alkyl or cyclic N) is 1. The highest BCUT2D eigenvalue weighted by Crippen LogP contribution is 2.39. The molecule has 0 radical (unpaired) electrons. The number of fused-ring (bicyclic) bond motifs is 1. The standard InChI is InChI=1S/C29H31FN6O3S/c30-22-15-21(34-29(38)33-20-2-3-20)4-6-25(22)39-26-7-8-31-24-16-27(40-28(24)26)23-5-1-19(17-32-23)18-36-11-9-35(10-12-36)13-14-37/h1,4-8,15-17,20,37H,2-3,9-14,18H2,(H2,33,34,38). The number of rotatable bonds is 9. The molecule has 208 valence electrons. The van der Waals surface area contributed by atoms with Gasteiger partial charge in [-0.2, -0.15) is 0 Å². The van der Waals surface area contributed by atoms with Crippen LogP contribution in [0, 0.1) is 5.82 Å². The van der Waals surface area contributed by atoms with Crippen LogP contribution in [0.25, 0.3) is 20.8 Å². The van der Waals surface area contributed by atoms with Crippen molar-refractivity contribution in [2.24, 2.45) is 0 Å². The lowest BCUT2D eigenvalue weighted by Gasteiger charge is -2.34. The van der Waals surface area contributed by atoms with Crippen molar-refractivity contribution in [3.63, 3.8) is 0 Å². The van der Waals surface area contributed by atoms with Gasteiger partial charge in [-0.3, -0.25) is 19.8 Å². The summed E-state index contributed by atoms with van der Waals surface area (Å²) in [7, 11) is 0. The third kappa shape index (κ3) is 6.39. The van der Waals surface area contributed by atoms with Crippen LogP contribution in [0.1, 0.15) is 18.4 Å². The van der Waals surface area contributed by atoms with Gasteiger partial charge >= 0.3 is 6.03 Å². The molecular weight excluding hydrogens is 531 g/mol. The molecule has 2 fully saturated rings. The van der Waals surface area contributed by atoms with E-state index in [2.05, 4.69) is 31.5 Å². The van der Waals surface area contributed by atoms with Crippen molar-refractivity contribution in [3.05, 3.63) is 66.2 Å². The molecule has 6 rings (SSSR count). The zero-order valence-corrected chi connectivity index (χ0v) is 22.8. The van der Waals surface area contributed by atoms with E-state index in [4.69, 9.17) is 14.8 Å². The maximum absolute atomic E-state index is 14.9. The first-order chi connectivity index (χ1) is 19.5. The Hall–Kier alpha value is -3.64. The number of ether oxygens (including phenoxy) is 1. The van der Waals surface area contributed by atoms with Gasteiger partial charge in [-0.05, 0) is 42.7 Å². The zero-order chi connectivity index (χ0) is 27.5. The molecule has 0 spiro atoms. The van der Waals surface area contributed by atoms with Gasteiger partial charge in [-0.25, -0.2) is 9.18 Å². The molecule has 0 bridgehead atoms. The van der Waals surface area contributed by atoms with Crippen LogP contribution < -0.4 is 15.4 Å².